The Balaban J connectivity index is 1.42. The van der Waals surface area contributed by atoms with Crippen LogP contribution in [0.4, 0.5) is 0 Å². The lowest BCUT2D eigenvalue weighted by Crippen LogP contribution is -2.65. The molecule has 0 spiro atoms. The summed E-state index contributed by atoms with van der Waals surface area (Å²) in [5.74, 6) is 0.620. The molecule has 5 rings (SSSR count). The Morgan fingerprint density at radius 3 is 2.34 bits per heavy atom. The van der Waals surface area contributed by atoms with Gasteiger partial charge in [0.2, 0.25) is 5.91 Å². The van der Waals surface area contributed by atoms with Crippen LogP contribution in [0.1, 0.15) is 81.6 Å². The molecule has 35 heavy (non-hydrogen) atoms. The number of rotatable bonds is 6. The number of likely N-dealkylation sites (tertiary alicyclic amines) is 1. The number of carbonyl (C=O) groups excluding carboxylic acids is 2. The van der Waals surface area contributed by atoms with E-state index < -0.39 is 5.54 Å². The highest BCUT2D eigenvalue weighted by atomic mass is 16.3. The lowest BCUT2D eigenvalue weighted by molar-refractivity contribution is -0.133. The van der Waals surface area contributed by atoms with Crippen LogP contribution in [0.5, 0.6) is 0 Å². The molecule has 190 valence electrons. The Hall–Kier alpha value is -2.54. The Morgan fingerprint density at radius 1 is 0.971 bits per heavy atom. The first-order valence-electron chi connectivity index (χ1n) is 13.6. The number of carbonyl (C=O) groups is 2. The number of furan rings is 1. The molecule has 0 bridgehead atoms. The lowest BCUT2D eigenvalue weighted by Gasteiger charge is -2.45. The van der Waals surface area contributed by atoms with Gasteiger partial charge in [0.05, 0.1) is 18.5 Å². The van der Waals surface area contributed by atoms with Crippen LogP contribution in [-0.2, 0) is 11.3 Å². The molecule has 2 aromatic heterocycles. The van der Waals surface area contributed by atoms with Gasteiger partial charge in [0.25, 0.3) is 5.91 Å². The Morgan fingerprint density at radius 2 is 1.66 bits per heavy atom. The van der Waals surface area contributed by atoms with Gasteiger partial charge >= 0.3 is 0 Å². The van der Waals surface area contributed by atoms with Crippen LogP contribution in [-0.4, -0.2) is 63.9 Å². The van der Waals surface area contributed by atoms with Gasteiger partial charge in [-0.3, -0.25) is 9.59 Å². The summed E-state index contributed by atoms with van der Waals surface area (Å²) in [5.41, 5.74) is 0.522. The van der Waals surface area contributed by atoms with Crippen molar-refractivity contribution in [3.8, 4) is 11.5 Å². The smallest absolute Gasteiger partial charge is 0.271 e. The SMILES string of the molecule is CC1(C(=O)NC2CCCCCC2)Cn2c(ccc2-c2ccco2)C(=O)N1CCN1CCCCCC1. The molecule has 1 N–H and O–H groups in total. The average molecular weight is 481 g/mol. The molecule has 0 radical (unpaired) electrons. The van der Waals surface area contributed by atoms with Crippen molar-refractivity contribution in [2.24, 2.45) is 0 Å². The second-order valence-corrected chi connectivity index (χ2v) is 10.8. The van der Waals surface area contributed by atoms with Crippen LogP contribution in [0.15, 0.2) is 34.9 Å². The maximum absolute atomic E-state index is 13.9. The lowest BCUT2D eigenvalue weighted by atomic mass is 9.93. The molecular formula is C28H40N4O3. The molecule has 2 fully saturated rings. The normalized spacial score (nSPS) is 24.6. The van der Waals surface area contributed by atoms with E-state index in [1.165, 1.54) is 38.5 Å². The van der Waals surface area contributed by atoms with E-state index in [0.717, 1.165) is 51.0 Å². The fraction of sp³-hybridized carbons (Fsp3) is 0.643. The molecule has 3 aliphatic rings. The van der Waals surface area contributed by atoms with Gasteiger partial charge in [0.15, 0.2) is 0 Å². The van der Waals surface area contributed by atoms with E-state index in [0.29, 0.717) is 24.5 Å². The Bertz CT molecular complexity index is 998. The maximum atomic E-state index is 13.9. The molecule has 1 aliphatic carbocycles. The number of amides is 2. The zero-order chi connectivity index (χ0) is 24.3. The number of aromatic nitrogens is 1. The van der Waals surface area contributed by atoms with Crippen molar-refractivity contribution in [1.29, 1.82) is 0 Å². The van der Waals surface area contributed by atoms with E-state index in [1.54, 1.807) is 6.26 Å². The van der Waals surface area contributed by atoms with E-state index in [1.807, 2.05) is 40.7 Å². The van der Waals surface area contributed by atoms with E-state index in [-0.39, 0.29) is 17.9 Å². The Labute approximate surface area is 208 Å². The van der Waals surface area contributed by atoms with Gasteiger partial charge in [0.1, 0.15) is 17.0 Å². The molecule has 1 saturated heterocycles. The molecule has 7 nitrogen and oxygen atoms in total. The number of fused-ring (bicyclic) bond motifs is 1. The van der Waals surface area contributed by atoms with Crippen molar-refractivity contribution in [3.63, 3.8) is 0 Å². The molecule has 1 atom stereocenters. The summed E-state index contributed by atoms with van der Waals surface area (Å²) < 4.78 is 7.64. The molecule has 2 amide bonds. The average Bonchev–Trinajstić information content (AvgIpc) is 3.35. The molecule has 1 saturated carbocycles. The minimum atomic E-state index is -0.956. The van der Waals surface area contributed by atoms with Crippen LogP contribution in [0.2, 0.25) is 0 Å². The predicted molar refractivity (Wildman–Crippen MR) is 136 cm³/mol. The van der Waals surface area contributed by atoms with E-state index in [2.05, 4.69) is 10.2 Å². The van der Waals surface area contributed by atoms with Crippen LogP contribution >= 0.6 is 0 Å². The van der Waals surface area contributed by atoms with Crippen molar-refractivity contribution in [2.45, 2.75) is 89.3 Å². The van der Waals surface area contributed by atoms with Gasteiger partial charge in [-0.25, -0.2) is 0 Å². The third kappa shape index (κ3) is 5.06. The number of hydrogen-bond acceptors (Lipinski definition) is 4. The van der Waals surface area contributed by atoms with Crippen molar-refractivity contribution < 1.29 is 14.0 Å². The molecular weight excluding hydrogens is 440 g/mol. The summed E-state index contributed by atoms with van der Waals surface area (Å²) in [6, 6.07) is 7.77. The van der Waals surface area contributed by atoms with Gasteiger partial charge in [-0.15, -0.1) is 0 Å². The third-order valence-corrected chi connectivity index (χ3v) is 8.30. The summed E-state index contributed by atoms with van der Waals surface area (Å²) in [6.45, 7) is 5.90. The highest BCUT2D eigenvalue weighted by Crippen LogP contribution is 2.33. The number of hydrogen-bond donors (Lipinski definition) is 1. The Kier molecular flexibility index (Phi) is 7.32. The third-order valence-electron chi connectivity index (χ3n) is 8.30. The number of nitrogens with one attached hydrogen (secondary N) is 1. The molecule has 2 aromatic rings. The molecule has 0 aromatic carbocycles. The largest absolute Gasteiger partial charge is 0.463 e. The second-order valence-electron chi connectivity index (χ2n) is 10.8. The van der Waals surface area contributed by atoms with Crippen LogP contribution in [0, 0.1) is 0 Å². The number of nitrogens with zero attached hydrogens (tertiary/aromatic N) is 3. The summed E-state index contributed by atoms with van der Waals surface area (Å²) in [4.78, 5) is 32.1. The second kappa shape index (κ2) is 10.6. The summed E-state index contributed by atoms with van der Waals surface area (Å²) in [6.07, 6.45) is 13.5. The minimum absolute atomic E-state index is 0.0293. The van der Waals surface area contributed by atoms with E-state index in [9.17, 15) is 9.59 Å². The minimum Gasteiger partial charge on any atom is -0.463 e. The molecule has 1 unspecified atom stereocenters. The first-order chi connectivity index (χ1) is 17.1. The zero-order valence-corrected chi connectivity index (χ0v) is 21.1. The summed E-state index contributed by atoms with van der Waals surface area (Å²) in [7, 11) is 0. The van der Waals surface area contributed by atoms with Crippen LogP contribution in [0.3, 0.4) is 0 Å². The maximum Gasteiger partial charge on any atom is 0.271 e. The monoisotopic (exact) mass is 480 g/mol. The zero-order valence-electron chi connectivity index (χ0n) is 21.1. The topological polar surface area (TPSA) is 70.7 Å². The first kappa shape index (κ1) is 24.2. The van der Waals surface area contributed by atoms with Crippen molar-refractivity contribution in [2.75, 3.05) is 26.2 Å². The standard InChI is InChI=1S/C28H40N4O3/c1-28(27(34)29-22-11-6-2-3-7-12-22)21-31-23(25-13-10-20-35-25)14-15-24(31)26(33)32(28)19-18-30-16-8-4-5-9-17-30/h10,13-15,20,22H,2-9,11-12,16-19,21H2,1H3,(H,29,34). The predicted octanol–water partition coefficient (Wildman–Crippen LogP) is 4.68. The van der Waals surface area contributed by atoms with Gasteiger partial charge in [-0.05, 0) is 70.0 Å². The highest BCUT2D eigenvalue weighted by molar-refractivity contribution is 6.00. The fourth-order valence-electron chi connectivity index (χ4n) is 6.13. The van der Waals surface area contributed by atoms with Gasteiger partial charge in [-0.2, -0.15) is 0 Å². The van der Waals surface area contributed by atoms with Gasteiger partial charge in [-0.1, -0.05) is 38.5 Å². The molecule has 4 heterocycles. The summed E-state index contributed by atoms with van der Waals surface area (Å²) in [5, 5.41) is 3.36. The quantitative estimate of drug-likeness (QED) is 0.610. The first-order valence-corrected chi connectivity index (χ1v) is 13.6. The van der Waals surface area contributed by atoms with E-state index >= 15 is 0 Å². The van der Waals surface area contributed by atoms with Crippen molar-refractivity contribution >= 4 is 11.8 Å². The van der Waals surface area contributed by atoms with Crippen LogP contribution < -0.4 is 5.32 Å². The van der Waals surface area contributed by atoms with Crippen molar-refractivity contribution in [1.82, 2.24) is 19.7 Å². The van der Waals surface area contributed by atoms with Gasteiger partial charge in [0, 0.05) is 19.1 Å². The highest BCUT2D eigenvalue weighted by Gasteiger charge is 2.48. The van der Waals surface area contributed by atoms with Crippen LogP contribution in [0.25, 0.3) is 11.5 Å². The van der Waals surface area contributed by atoms with Gasteiger partial charge < -0.3 is 24.1 Å². The van der Waals surface area contributed by atoms with E-state index in [4.69, 9.17) is 4.42 Å². The fourth-order valence-corrected chi connectivity index (χ4v) is 6.13. The molecule has 7 heteroatoms. The van der Waals surface area contributed by atoms with Crippen molar-refractivity contribution in [3.05, 3.63) is 36.2 Å². The summed E-state index contributed by atoms with van der Waals surface area (Å²) >= 11 is 0. The molecule has 2 aliphatic heterocycles.